The number of piperazine rings is 1. The smallest absolute Gasteiger partial charge is 0.322 e. The van der Waals surface area contributed by atoms with Gasteiger partial charge in [-0.25, -0.2) is 4.98 Å². The average molecular weight is 292 g/mol. The number of hydrogen-bond donors (Lipinski definition) is 2. The summed E-state index contributed by atoms with van der Waals surface area (Å²) in [6.07, 6.45) is 2.74. The molecule has 1 aromatic heterocycles. The first-order valence-corrected chi connectivity index (χ1v) is 7.55. The van der Waals surface area contributed by atoms with Gasteiger partial charge in [-0.3, -0.25) is 9.69 Å². The fraction of sp³-hybridized carbons (Fsp3) is 0.600. The van der Waals surface area contributed by atoms with Crippen molar-refractivity contribution in [1.29, 1.82) is 0 Å². The molecule has 6 nitrogen and oxygen atoms in total. The standard InChI is InChI=1S/C15H24N4O2/c1-2-6-16-13(15(20)21)12-18-8-10-19(11-9-18)14-5-3-4-7-17-14/h3-5,7,13,16H,2,6,8-12H2,1H3,(H,20,21). The van der Waals surface area contributed by atoms with E-state index in [9.17, 15) is 9.90 Å². The maximum absolute atomic E-state index is 11.3. The highest BCUT2D eigenvalue weighted by Crippen LogP contribution is 2.12. The van der Waals surface area contributed by atoms with E-state index < -0.39 is 12.0 Å². The van der Waals surface area contributed by atoms with Gasteiger partial charge in [-0.1, -0.05) is 13.0 Å². The molecule has 0 aromatic carbocycles. The van der Waals surface area contributed by atoms with Gasteiger partial charge in [-0.2, -0.15) is 0 Å². The minimum Gasteiger partial charge on any atom is -0.480 e. The molecule has 1 atom stereocenters. The van der Waals surface area contributed by atoms with Crippen molar-refractivity contribution in [1.82, 2.24) is 15.2 Å². The molecule has 21 heavy (non-hydrogen) atoms. The molecule has 1 aromatic rings. The van der Waals surface area contributed by atoms with E-state index >= 15 is 0 Å². The Balaban J connectivity index is 1.81. The molecule has 6 heteroatoms. The number of aromatic nitrogens is 1. The molecule has 2 N–H and O–H groups in total. The molecule has 0 amide bonds. The predicted octanol–water partition coefficient (Wildman–Crippen LogP) is 0.656. The summed E-state index contributed by atoms with van der Waals surface area (Å²) in [6.45, 7) is 6.85. The zero-order valence-corrected chi connectivity index (χ0v) is 12.5. The highest BCUT2D eigenvalue weighted by Gasteiger charge is 2.23. The predicted molar refractivity (Wildman–Crippen MR) is 82.6 cm³/mol. The lowest BCUT2D eigenvalue weighted by atomic mass is 10.2. The summed E-state index contributed by atoms with van der Waals surface area (Å²) in [5.74, 6) is 0.228. The highest BCUT2D eigenvalue weighted by molar-refractivity contribution is 5.73. The summed E-state index contributed by atoms with van der Waals surface area (Å²) in [7, 11) is 0. The SMILES string of the molecule is CCCNC(CN1CCN(c2ccccn2)CC1)C(=O)O. The third kappa shape index (κ3) is 4.68. The van der Waals surface area contributed by atoms with Crippen molar-refractivity contribution in [3.63, 3.8) is 0 Å². The Morgan fingerprint density at radius 2 is 2.14 bits per heavy atom. The van der Waals surface area contributed by atoms with E-state index in [-0.39, 0.29) is 0 Å². The molecule has 2 heterocycles. The summed E-state index contributed by atoms with van der Waals surface area (Å²) in [5.41, 5.74) is 0. The van der Waals surface area contributed by atoms with Crippen LogP contribution >= 0.6 is 0 Å². The lowest BCUT2D eigenvalue weighted by Gasteiger charge is -2.36. The van der Waals surface area contributed by atoms with Gasteiger partial charge in [0.25, 0.3) is 0 Å². The first-order chi connectivity index (χ1) is 10.2. The molecule has 1 unspecified atom stereocenters. The van der Waals surface area contributed by atoms with Crippen LogP contribution in [0.1, 0.15) is 13.3 Å². The van der Waals surface area contributed by atoms with Gasteiger partial charge >= 0.3 is 5.97 Å². The molecule has 116 valence electrons. The van der Waals surface area contributed by atoms with E-state index in [4.69, 9.17) is 0 Å². The molecule has 1 aliphatic rings. The molecule has 1 fully saturated rings. The summed E-state index contributed by atoms with van der Waals surface area (Å²) in [6, 6.07) is 5.44. The maximum atomic E-state index is 11.3. The van der Waals surface area contributed by atoms with Crippen LogP contribution in [0, 0.1) is 0 Å². The van der Waals surface area contributed by atoms with E-state index in [0.29, 0.717) is 6.54 Å². The second kappa shape index (κ2) is 7.95. The number of carboxylic acid groups (broad SMARTS) is 1. The summed E-state index contributed by atoms with van der Waals surface area (Å²) in [4.78, 5) is 20.1. The molecule has 0 bridgehead atoms. The van der Waals surface area contributed by atoms with Crippen molar-refractivity contribution in [2.45, 2.75) is 19.4 Å². The van der Waals surface area contributed by atoms with Gasteiger partial charge < -0.3 is 15.3 Å². The second-order valence-corrected chi connectivity index (χ2v) is 5.32. The van der Waals surface area contributed by atoms with Crippen LogP contribution in [-0.4, -0.2) is 66.3 Å². The number of rotatable bonds is 7. The van der Waals surface area contributed by atoms with Gasteiger partial charge in [0.15, 0.2) is 0 Å². The van der Waals surface area contributed by atoms with Crippen LogP contribution in [0.3, 0.4) is 0 Å². The van der Waals surface area contributed by atoms with E-state index in [2.05, 4.69) is 20.1 Å². The molecule has 0 spiro atoms. The first kappa shape index (κ1) is 15.7. The number of hydrogen-bond acceptors (Lipinski definition) is 5. The van der Waals surface area contributed by atoms with E-state index in [1.807, 2.05) is 25.1 Å². The quantitative estimate of drug-likeness (QED) is 0.769. The molecular formula is C15H24N4O2. The molecular weight excluding hydrogens is 268 g/mol. The minimum absolute atomic E-state index is 0.480. The highest BCUT2D eigenvalue weighted by atomic mass is 16.4. The molecule has 1 aliphatic heterocycles. The minimum atomic E-state index is -0.768. The summed E-state index contributed by atoms with van der Waals surface area (Å²) < 4.78 is 0. The van der Waals surface area contributed by atoms with E-state index in [1.54, 1.807) is 6.20 Å². The normalized spacial score (nSPS) is 17.7. The Morgan fingerprint density at radius 3 is 2.71 bits per heavy atom. The monoisotopic (exact) mass is 292 g/mol. The number of anilines is 1. The van der Waals surface area contributed by atoms with Crippen LogP contribution in [0.15, 0.2) is 24.4 Å². The zero-order valence-electron chi connectivity index (χ0n) is 12.5. The fourth-order valence-electron chi connectivity index (χ4n) is 2.51. The Bertz CT molecular complexity index is 433. The number of pyridine rings is 1. The van der Waals surface area contributed by atoms with Gasteiger partial charge in [0.1, 0.15) is 11.9 Å². The fourth-order valence-corrected chi connectivity index (χ4v) is 2.51. The van der Waals surface area contributed by atoms with Gasteiger partial charge in [-0.05, 0) is 25.1 Å². The average Bonchev–Trinajstić information content (AvgIpc) is 2.52. The van der Waals surface area contributed by atoms with Crippen molar-refractivity contribution in [3.05, 3.63) is 24.4 Å². The third-order valence-corrected chi connectivity index (χ3v) is 3.73. The molecule has 1 saturated heterocycles. The zero-order chi connectivity index (χ0) is 15.1. The Hall–Kier alpha value is -1.66. The molecule has 0 saturated carbocycles. The number of nitrogens with one attached hydrogen (secondary N) is 1. The topological polar surface area (TPSA) is 68.7 Å². The second-order valence-electron chi connectivity index (χ2n) is 5.32. The van der Waals surface area contributed by atoms with Gasteiger partial charge in [0, 0.05) is 38.9 Å². The van der Waals surface area contributed by atoms with Crippen molar-refractivity contribution in [3.8, 4) is 0 Å². The third-order valence-electron chi connectivity index (χ3n) is 3.73. The van der Waals surface area contributed by atoms with E-state index in [0.717, 1.165) is 45.0 Å². The molecule has 0 radical (unpaired) electrons. The number of carboxylic acids is 1. The van der Waals surface area contributed by atoms with Crippen LogP contribution in [0.5, 0.6) is 0 Å². The van der Waals surface area contributed by atoms with Gasteiger partial charge in [-0.15, -0.1) is 0 Å². The molecule has 0 aliphatic carbocycles. The Labute approximate surface area is 125 Å². The first-order valence-electron chi connectivity index (χ1n) is 7.55. The van der Waals surface area contributed by atoms with Crippen molar-refractivity contribution in [2.75, 3.05) is 44.2 Å². The lowest BCUT2D eigenvalue weighted by Crippen LogP contribution is -2.53. The van der Waals surface area contributed by atoms with Gasteiger partial charge in [0.2, 0.25) is 0 Å². The van der Waals surface area contributed by atoms with Gasteiger partial charge in [0.05, 0.1) is 0 Å². The van der Waals surface area contributed by atoms with E-state index in [1.165, 1.54) is 0 Å². The Morgan fingerprint density at radius 1 is 1.38 bits per heavy atom. The van der Waals surface area contributed by atoms with Crippen LogP contribution in [0.2, 0.25) is 0 Å². The van der Waals surface area contributed by atoms with Crippen molar-refractivity contribution in [2.24, 2.45) is 0 Å². The lowest BCUT2D eigenvalue weighted by molar-refractivity contribution is -0.140. The summed E-state index contributed by atoms with van der Waals surface area (Å²) >= 11 is 0. The summed E-state index contributed by atoms with van der Waals surface area (Å²) in [5, 5.41) is 12.3. The van der Waals surface area contributed by atoms with Crippen LogP contribution in [0.4, 0.5) is 5.82 Å². The molecule has 2 rings (SSSR count). The van der Waals surface area contributed by atoms with Crippen LogP contribution < -0.4 is 10.2 Å². The van der Waals surface area contributed by atoms with Crippen LogP contribution in [0.25, 0.3) is 0 Å². The number of aliphatic carboxylic acids is 1. The Kier molecular flexibility index (Phi) is 5.95. The van der Waals surface area contributed by atoms with Crippen LogP contribution in [-0.2, 0) is 4.79 Å². The van der Waals surface area contributed by atoms with Crippen molar-refractivity contribution >= 4 is 11.8 Å². The maximum Gasteiger partial charge on any atom is 0.322 e. The largest absolute Gasteiger partial charge is 0.480 e. The van der Waals surface area contributed by atoms with Crippen molar-refractivity contribution < 1.29 is 9.90 Å². The number of nitrogens with zero attached hydrogens (tertiary/aromatic N) is 3. The number of carbonyl (C=O) groups is 1.